The summed E-state index contributed by atoms with van der Waals surface area (Å²) < 4.78 is 18.9. The molecule has 0 atom stereocenters. The quantitative estimate of drug-likeness (QED) is 0.448. The average Bonchev–Trinajstić information content (AvgIpc) is 3.52. The Balaban J connectivity index is 1.28. The number of carbonyl (C=O) groups is 1. The monoisotopic (exact) mass is 480 g/mol. The van der Waals surface area contributed by atoms with Crippen molar-refractivity contribution in [3.63, 3.8) is 0 Å². The van der Waals surface area contributed by atoms with Crippen LogP contribution in [0.3, 0.4) is 0 Å². The SMILES string of the molecule is O=C(Cn1cccc1-c1nc(-c2ccc3c(c2)OCO3)no1)NCc1cccc(Br)c1. The van der Waals surface area contributed by atoms with Gasteiger partial charge in [0.05, 0.1) is 0 Å². The molecule has 1 aliphatic heterocycles. The number of benzene rings is 2. The highest BCUT2D eigenvalue weighted by atomic mass is 79.9. The number of fused-ring (bicyclic) bond motifs is 1. The summed E-state index contributed by atoms with van der Waals surface area (Å²) in [5, 5.41) is 7.00. The molecule has 0 radical (unpaired) electrons. The van der Waals surface area contributed by atoms with E-state index >= 15 is 0 Å². The van der Waals surface area contributed by atoms with E-state index in [1.165, 1.54) is 0 Å². The third-order valence-corrected chi connectivity index (χ3v) is 5.29. The number of nitrogens with zero attached hydrogens (tertiary/aromatic N) is 3. The Bertz CT molecular complexity index is 1250. The van der Waals surface area contributed by atoms with Crippen molar-refractivity contribution in [2.24, 2.45) is 0 Å². The molecule has 156 valence electrons. The van der Waals surface area contributed by atoms with Gasteiger partial charge in [-0.25, -0.2) is 0 Å². The molecule has 0 bridgehead atoms. The third kappa shape index (κ3) is 4.17. The fourth-order valence-corrected chi connectivity index (χ4v) is 3.73. The van der Waals surface area contributed by atoms with Gasteiger partial charge in [-0.15, -0.1) is 0 Å². The van der Waals surface area contributed by atoms with Crippen LogP contribution in [-0.2, 0) is 17.9 Å². The number of nitrogens with one attached hydrogen (secondary N) is 1. The van der Waals surface area contributed by atoms with E-state index < -0.39 is 0 Å². The van der Waals surface area contributed by atoms with Crippen LogP contribution in [0.5, 0.6) is 11.5 Å². The van der Waals surface area contributed by atoms with E-state index in [0.29, 0.717) is 35.5 Å². The first-order valence-electron chi connectivity index (χ1n) is 9.56. The second kappa shape index (κ2) is 8.27. The van der Waals surface area contributed by atoms with Crippen molar-refractivity contribution in [3.05, 3.63) is 70.8 Å². The van der Waals surface area contributed by atoms with Crippen LogP contribution in [0.1, 0.15) is 5.56 Å². The van der Waals surface area contributed by atoms with Gasteiger partial charge in [-0.3, -0.25) is 4.79 Å². The third-order valence-electron chi connectivity index (χ3n) is 4.80. The summed E-state index contributed by atoms with van der Waals surface area (Å²) in [6, 6.07) is 16.9. The first kappa shape index (κ1) is 19.4. The summed E-state index contributed by atoms with van der Waals surface area (Å²) in [7, 11) is 0. The Labute approximate surface area is 185 Å². The van der Waals surface area contributed by atoms with E-state index in [-0.39, 0.29) is 19.2 Å². The van der Waals surface area contributed by atoms with Gasteiger partial charge in [-0.05, 0) is 48.0 Å². The van der Waals surface area contributed by atoms with Crippen LogP contribution in [0.25, 0.3) is 23.0 Å². The van der Waals surface area contributed by atoms with Gasteiger partial charge in [0.15, 0.2) is 11.5 Å². The standard InChI is InChI=1S/C22H17BrN4O4/c23-16-4-1-3-14(9-16)11-24-20(28)12-27-8-2-5-17(27)22-25-21(26-31-22)15-6-7-18-19(10-15)30-13-29-18/h1-10H,11-13H2,(H,24,28). The number of carbonyl (C=O) groups excluding carboxylic acids is 1. The first-order valence-corrected chi connectivity index (χ1v) is 10.4. The van der Waals surface area contributed by atoms with Gasteiger partial charge in [-0.2, -0.15) is 4.98 Å². The Morgan fingerprint density at radius 1 is 1.10 bits per heavy atom. The number of halogens is 1. The summed E-state index contributed by atoms with van der Waals surface area (Å²) in [4.78, 5) is 16.9. The molecular formula is C22H17BrN4O4. The molecule has 3 heterocycles. The number of ether oxygens (including phenoxy) is 2. The number of amides is 1. The second-order valence-corrected chi connectivity index (χ2v) is 7.83. The Morgan fingerprint density at radius 3 is 2.90 bits per heavy atom. The Hall–Kier alpha value is -3.59. The fraction of sp³-hybridized carbons (Fsp3) is 0.136. The largest absolute Gasteiger partial charge is 0.454 e. The molecule has 5 rings (SSSR count). The number of hydrogen-bond acceptors (Lipinski definition) is 6. The maximum atomic E-state index is 12.5. The normalized spacial score (nSPS) is 12.2. The summed E-state index contributed by atoms with van der Waals surface area (Å²) in [6.07, 6.45) is 1.80. The van der Waals surface area contributed by atoms with Crippen LogP contribution in [0, 0.1) is 0 Å². The van der Waals surface area contributed by atoms with Crippen LogP contribution < -0.4 is 14.8 Å². The van der Waals surface area contributed by atoms with E-state index in [4.69, 9.17) is 14.0 Å². The molecule has 0 fully saturated rings. The van der Waals surface area contributed by atoms with Crippen LogP contribution in [-0.4, -0.2) is 27.4 Å². The lowest BCUT2D eigenvalue weighted by molar-refractivity contribution is -0.121. The van der Waals surface area contributed by atoms with E-state index in [2.05, 4.69) is 31.4 Å². The smallest absolute Gasteiger partial charge is 0.274 e. The summed E-state index contributed by atoms with van der Waals surface area (Å²) >= 11 is 3.43. The molecule has 8 nitrogen and oxygen atoms in total. The molecule has 4 aromatic rings. The lowest BCUT2D eigenvalue weighted by Gasteiger charge is -2.08. The molecule has 2 aromatic carbocycles. The van der Waals surface area contributed by atoms with Crippen molar-refractivity contribution < 1.29 is 18.8 Å². The van der Waals surface area contributed by atoms with Gasteiger partial charge >= 0.3 is 0 Å². The van der Waals surface area contributed by atoms with Gasteiger partial charge < -0.3 is 23.9 Å². The Morgan fingerprint density at radius 2 is 2.00 bits per heavy atom. The second-order valence-electron chi connectivity index (χ2n) is 6.92. The van der Waals surface area contributed by atoms with Gasteiger partial charge in [0.25, 0.3) is 5.89 Å². The van der Waals surface area contributed by atoms with Crippen LogP contribution in [0.4, 0.5) is 0 Å². The molecule has 1 N–H and O–H groups in total. The van der Waals surface area contributed by atoms with Crippen LogP contribution in [0.15, 0.2) is 69.8 Å². The highest BCUT2D eigenvalue weighted by Crippen LogP contribution is 2.35. The molecule has 0 spiro atoms. The molecule has 2 aromatic heterocycles. The number of rotatable bonds is 6. The molecule has 9 heteroatoms. The average molecular weight is 481 g/mol. The van der Waals surface area contributed by atoms with E-state index in [9.17, 15) is 4.79 Å². The highest BCUT2D eigenvalue weighted by Gasteiger charge is 2.18. The molecular weight excluding hydrogens is 464 g/mol. The topological polar surface area (TPSA) is 91.4 Å². The van der Waals surface area contributed by atoms with Crippen molar-refractivity contribution >= 4 is 21.8 Å². The number of hydrogen-bond donors (Lipinski definition) is 1. The highest BCUT2D eigenvalue weighted by molar-refractivity contribution is 9.10. The van der Waals surface area contributed by atoms with Gasteiger partial charge in [0.2, 0.25) is 18.5 Å². The maximum Gasteiger partial charge on any atom is 0.274 e. The van der Waals surface area contributed by atoms with Crippen molar-refractivity contribution in [1.82, 2.24) is 20.0 Å². The predicted molar refractivity (Wildman–Crippen MR) is 115 cm³/mol. The maximum absolute atomic E-state index is 12.5. The van der Waals surface area contributed by atoms with Crippen LogP contribution >= 0.6 is 15.9 Å². The van der Waals surface area contributed by atoms with Crippen molar-refractivity contribution in [3.8, 4) is 34.5 Å². The lowest BCUT2D eigenvalue weighted by atomic mass is 10.2. The minimum Gasteiger partial charge on any atom is -0.454 e. The zero-order valence-corrected chi connectivity index (χ0v) is 17.8. The van der Waals surface area contributed by atoms with E-state index in [1.54, 1.807) is 10.8 Å². The first-order chi connectivity index (χ1) is 15.2. The predicted octanol–water partition coefficient (Wildman–Crippen LogP) is 4.01. The van der Waals surface area contributed by atoms with Crippen molar-refractivity contribution in [2.45, 2.75) is 13.1 Å². The lowest BCUT2D eigenvalue weighted by Crippen LogP contribution is -2.27. The molecule has 0 unspecified atom stereocenters. The zero-order valence-electron chi connectivity index (χ0n) is 16.2. The van der Waals surface area contributed by atoms with Crippen LogP contribution in [0.2, 0.25) is 0 Å². The van der Waals surface area contributed by atoms with Crippen molar-refractivity contribution in [1.29, 1.82) is 0 Å². The van der Waals surface area contributed by atoms with Gasteiger partial charge in [0.1, 0.15) is 12.2 Å². The fourth-order valence-electron chi connectivity index (χ4n) is 3.28. The summed E-state index contributed by atoms with van der Waals surface area (Å²) in [5.41, 5.74) is 2.43. The molecule has 1 aliphatic rings. The summed E-state index contributed by atoms with van der Waals surface area (Å²) in [6.45, 7) is 0.787. The van der Waals surface area contributed by atoms with E-state index in [1.807, 2.05) is 54.6 Å². The summed E-state index contributed by atoms with van der Waals surface area (Å²) in [5.74, 6) is 1.98. The van der Waals surface area contributed by atoms with Gasteiger partial charge in [0, 0.05) is 22.8 Å². The molecule has 1 amide bonds. The zero-order chi connectivity index (χ0) is 21.2. The molecule has 0 saturated heterocycles. The van der Waals surface area contributed by atoms with Crippen molar-refractivity contribution in [2.75, 3.05) is 6.79 Å². The minimum absolute atomic E-state index is 0.118. The molecule has 31 heavy (non-hydrogen) atoms. The van der Waals surface area contributed by atoms with Gasteiger partial charge in [-0.1, -0.05) is 33.2 Å². The number of aromatic nitrogens is 3. The molecule has 0 saturated carbocycles. The minimum atomic E-state index is -0.118. The van der Waals surface area contributed by atoms with E-state index in [0.717, 1.165) is 15.6 Å². The molecule has 0 aliphatic carbocycles. The Kier molecular flexibility index (Phi) is 5.17.